The van der Waals surface area contributed by atoms with E-state index < -0.39 is 6.10 Å². The van der Waals surface area contributed by atoms with Gasteiger partial charge in [0.1, 0.15) is 0 Å². The molecule has 0 saturated carbocycles. The summed E-state index contributed by atoms with van der Waals surface area (Å²) in [6.07, 6.45) is 0.0575. The summed E-state index contributed by atoms with van der Waals surface area (Å²) in [6.45, 7) is 3.42. The zero-order chi connectivity index (χ0) is 8.69. The van der Waals surface area contributed by atoms with Crippen molar-refractivity contribution in [2.24, 2.45) is 11.5 Å². The van der Waals surface area contributed by atoms with Gasteiger partial charge in [0.25, 0.3) is 0 Å². The van der Waals surface area contributed by atoms with E-state index in [-0.39, 0.29) is 12.6 Å². The molecule has 0 rings (SSSR count). The van der Waals surface area contributed by atoms with Gasteiger partial charge in [-0.1, -0.05) is 0 Å². The summed E-state index contributed by atoms with van der Waals surface area (Å²) in [7, 11) is 0. The zero-order valence-corrected chi connectivity index (χ0v) is 6.99. The lowest BCUT2D eigenvalue weighted by molar-refractivity contribution is 0.103. The van der Waals surface area contributed by atoms with Crippen molar-refractivity contribution in [1.29, 1.82) is 0 Å². The Kier molecular flexibility index (Phi) is 6.45. The van der Waals surface area contributed by atoms with Gasteiger partial charge in [-0.2, -0.15) is 0 Å². The van der Waals surface area contributed by atoms with E-state index in [9.17, 15) is 0 Å². The van der Waals surface area contributed by atoms with Gasteiger partial charge in [-0.25, -0.2) is 0 Å². The van der Waals surface area contributed by atoms with E-state index >= 15 is 0 Å². The van der Waals surface area contributed by atoms with Gasteiger partial charge < -0.3 is 21.3 Å². The molecule has 68 valence electrons. The molecule has 4 nitrogen and oxygen atoms in total. The number of rotatable bonds is 6. The molecule has 0 spiro atoms. The maximum Gasteiger partial charge on any atom is 0.0813 e. The number of hydrogen-bond acceptors (Lipinski definition) is 4. The second-order valence-corrected chi connectivity index (χ2v) is 2.45. The number of nitrogens with two attached hydrogens (primary N) is 2. The minimum absolute atomic E-state index is 0.216. The van der Waals surface area contributed by atoms with Crippen molar-refractivity contribution in [2.75, 3.05) is 19.8 Å². The molecule has 0 aromatic rings. The molecule has 2 atom stereocenters. The molecule has 0 amide bonds. The van der Waals surface area contributed by atoms with Crippen LogP contribution in [-0.4, -0.2) is 37.0 Å². The topological polar surface area (TPSA) is 81.5 Å². The molecule has 0 saturated heterocycles. The van der Waals surface area contributed by atoms with Gasteiger partial charge in [0.05, 0.1) is 6.10 Å². The fourth-order valence-electron chi connectivity index (χ4n) is 0.731. The number of aliphatic hydroxyl groups excluding tert-OH is 1. The van der Waals surface area contributed by atoms with Crippen molar-refractivity contribution >= 4 is 0 Å². The summed E-state index contributed by atoms with van der Waals surface area (Å²) >= 11 is 0. The van der Waals surface area contributed by atoms with E-state index in [0.717, 1.165) is 0 Å². The van der Waals surface area contributed by atoms with Gasteiger partial charge >= 0.3 is 0 Å². The standard InChI is InChI=1S/C7H18N2O2/c1-2-11-4-3-6(9)7(10)5-8/h6-7,10H,2-5,8-9H2,1H3. The third kappa shape index (κ3) is 5.15. The summed E-state index contributed by atoms with van der Waals surface area (Å²) in [5.74, 6) is 0. The highest BCUT2D eigenvalue weighted by Gasteiger charge is 2.11. The van der Waals surface area contributed by atoms with Crippen LogP contribution in [0.2, 0.25) is 0 Å². The van der Waals surface area contributed by atoms with Crippen molar-refractivity contribution in [2.45, 2.75) is 25.5 Å². The number of ether oxygens (including phenoxy) is 1. The van der Waals surface area contributed by atoms with Crippen molar-refractivity contribution in [3.05, 3.63) is 0 Å². The van der Waals surface area contributed by atoms with Gasteiger partial charge in [0, 0.05) is 25.8 Å². The van der Waals surface area contributed by atoms with Crippen LogP contribution in [0.15, 0.2) is 0 Å². The molecule has 0 aliphatic carbocycles. The molecule has 0 bridgehead atoms. The zero-order valence-electron chi connectivity index (χ0n) is 6.99. The summed E-state index contributed by atoms with van der Waals surface area (Å²) in [6, 6.07) is -0.258. The van der Waals surface area contributed by atoms with E-state index in [1.54, 1.807) is 0 Å². The van der Waals surface area contributed by atoms with E-state index in [1.165, 1.54) is 0 Å². The average molecular weight is 162 g/mol. The number of hydrogen-bond donors (Lipinski definition) is 3. The average Bonchev–Trinajstić information content (AvgIpc) is 2.03. The third-order valence-electron chi connectivity index (χ3n) is 1.54. The second-order valence-electron chi connectivity index (χ2n) is 2.45. The van der Waals surface area contributed by atoms with Crippen LogP contribution in [0.3, 0.4) is 0 Å². The predicted molar refractivity (Wildman–Crippen MR) is 44.1 cm³/mol. The normalized spacial score (nSPS) is 16.4. The Hall–Kier alpha value is -0.160. The molecule has 0 aliphatic heterocycles. The van der Waals surface area contributed by atoms with E-state index in [1.807, 2.05) is 6.92 Å². The lowest BCUT2D eigenvalue weighted by atomic mass is 10.1. The van der Waals surface area contributed by atoms with E-state index in [0.29, 0.717) is 19.6 Å². The Morgan fingerprint density at radius 2 is 2.18 bits per heavy atom. The van der Waals surface area contributed by atoms with Gasteiger partial charge in [0.15, 0.2) is 0 Å². The van der Waals surface area contributed by atoms with Gasteiger partial charge in [-0.05, 0) is 13.3 Å². The van der Waals surface area contributed by atoms with Crippen LogP contribution in [0.4, 0.5) is 0 Å². The molecule has 0 aromatic carbocycles. The van der Waals surface area contributed by atoms with Crippen LogP contribution in [0.1, 0.15) is 13.3 Å². The first-order valence-electron chi connectivity index (χ1n) is 3.93. The van der Waals surface area contributed by atoms with Crippen LogP contribution >= 0.6 is 0 Å². The monoisotopic (exact) mass is 162 g/mol. The first-order chi connectivity index (χ1) is 5.22. The van der Waals surface area contributed by atoms with Crippen molar-refractivity contribution in [3.63, 3.8) is 0 Å². The molecule has 2 unspecified atom stereocenters. The fraction of sp³-hybridized carbons (Fsp3) is 1.00. The lowest BCUT2D eigenvalue weighted by Gasteiger charge is -2.16. The molecular weight excluding hydrogens is 144 g/mol. The van der Waals surface area contributed by atoms with Gasteiger partial charge in [-0.3, -0.25) is 0 Å². The number of aliphatic hydroxyl groups is 1. The third-order valence-corrected chi connectivity index (χ3v) is 1.54. The fourth-order valence-corrected chi connectivity index (χ4v) is 0.731. The first kappa shape index (κ1) is 10.8. The van der Waals surface area contributed by atoms with E-state index in [2.05, 4.69) is 0 Å². The molecule has 0 aromatic heterocycles. The van der Waals surface area contributed by atoms with Crippen molar-refractivity contribution < 1.29 is 9.84 Å². The first-order valence-corrected chi connectivity index (χ1v) is 3.93. The van der Waals surface area contributed by atoms with Gasteiger partial charge in [0.2, 0.25) is 0 Å². The minimum Gasteiger partial charge on any atom is -0.390 e. The van der Waals surface area contributed by atoms with Crippen LogP contribution in [0.25, 0.3) is 0 Å². The van der Waals surface area contributed by atoms with Crippen molar-refractivity contribution in [3.8, 4) is 0 Å². The molecule has 4 heteroatoms. The van der Waals surface area contributed by atoms with Gasteiger partial charge in [-0.15, -0.1) is 0 Å². The maximum absolute atomic E-state index is 9.12. The summed E-state index contributed by atoms with van der Waals surface area (Å²) in [4.78, 5) is 0. The van der Waals surface area contributed by atoms with E-state index in [4.69, 9.17) is 21.3 Å². The summed E-state index contributed by atoms with van der Waals surface area (Å²) in [5, 5.41) is 9.12. The second kappa shape index (κ2) is 6.54. The minimum atomic E-state index is -0.601. The molecule has 0 fully saturated rings. The Balaban J connectivity index is 3.28. The van der Waals surface area contributed by atoms with Crippen molar-refractivity contribution in [1.82, 2.24) is 0 Å². The Morgan fingerprint density at radius 1 is 1.55 bits per heavy atom. The molecule has 5 N–H and O–H groups in total. The Morgan fingerprint density at radius 3 is 2.64 bits per heavy atom. The van der Waals surface area contributed by atoms with Crippen LogP contribution in [0.5, 0.6) is 0 Å². The van der Waals surface area contributed by atoms with Crippen LogP contribution in [-0.2, 0) is 4.74 Å². The highest BCUT2D eigenvalue weighted by molar-refractivity contribution is 4.71. The summed E-state index contributed by atoms with van der Waals surface area (Å²) < 4.78 is 5.07. The largest absolute Gasteiger partial charge is 0.390 e. The SMILES string of the molecule is CCOCCC(N)C(O)CN. The predicted octanol–water partition coefficient (Wildman–Crippen LogP) is -0.940. The highest BCUT2D eigenvalue weighted by atomic mass is 16.5. The Labute approximate surface area is 67.5 Å². The molecule has 11 heavy (non-hydrogen) atoms. The highest BCUT2D eigenvalue weighted by Crippen LogP contribution is 1.94. The van der Waals surface area contributed by atoms with Crippen LogP contribution < -0.4 is 11.5 Å². The molecule has 0 heterocycles. The maximum atomic E-state index is 9.12. The quantitative estimate of drug-likeness (QED) is 0.440. The Bertz CT molecular complexity index is 90.5. The molecular formula is C7H18N2O2. The molecule has 0 radical (unpaired) electrons. The molecule has 0 aliphatic rings. The lowest BCUT2D eigenvalue weighted by Crippen LogP contribution is -2.40. The summed E-state index contributed by atoms with van der Waals surface area (Å²) in [5.41, 5.74) is 10.8. The smallest absolute Gasteiger partial charge is 0.0813 e. The van der Waals surface area contributed by atoms with Crippen LogP contribution in [0, 0.1) is 0 Å².